The maximum Gasteiger partial charge on any atom is 0.238 e. The Morgan fingerprint density at radius 3 is 2.29 bits per heavy atom. The zero-order valence-corrected chi connectivity index (χ0v) is 18.0. The Balaban J connectivity index is 1.54. The lowest BCUT2D eigenvalue weighted by atomic mass is 10.1. The number of nitrogens with one attached hydrogen (secondary N) is 1. The summed E-state index contributed by atoms with van der Waals surface area (Å²) >= 11 is 5.52. The zero-order valence-electron chi connectivity index (χ0n) is 16.3. The second-order valence-corrected chi connectivity index (χ2v) is 8.98. The third-order valence-corrected chi connectivity index (χ3v) is 6.42. The van der Waals surface area contributed by atoms with Crippen molar-refractivity contribution in [2.75, 3.05) is 31.5 Å². The summed E-state index contributed by atoms with van der Waals surface area (Å²) in [5, 5.41) is 13.4. The number of nitrogens with zero attached hydrogens (tertiary/aromatic N) is 4. The first-order valence-corrected chi connectivity index (χ1v) is 11.0. The number of primary sulfonamides is 1. The minimum absolute atomic E-state index is 0.0820. The molecule has 1 aromatic carbocycles. The van der Waals surface area contributed by atoms with E-state index in [-0.39, 0.29) is 4.90 Å². The van der Waals surface area contributed by atoms with Crippen molar-refractivity contribution in [2.24, 2.45) is 12.2 Å². The van der Waals surface area contributed by atoms with Crippen LogP contribution in [0.1, 0.15) is 17.0 Å². The van der Waals surface area contributed by atoms with Crippen LogP contribution in [0.3, 0.4) is 0 Å². The summed E-state index contributed by atoms with van der Waals surface area (Å²) in [6.45, 7) is 8.55. The van der Waals surface area contributed by atoms with Crippen LogP contribution >= 0.6 is 12.2 Å². The molecule has 0 aliphatic carbocycles. The van der Waals surface area contributed by atoms with Crippen molar-refractivity contribution in [1.82, 2.24) is 19.6 Å². The first kappa shape index (κ1) is 20.7. The average Bonchev–Trinajstić information content (AvgIpc) is 2.88. The molecule has 8 nitrogen and oxygen atoms in total. The van der Waals surface area contributed by atoms with E-state index < -0.39 is 10.0 Å². The van der Waals surface area contributed by atoms with Crippen LogP contribution in [0.25, 0.3) is 0 Å². The zero-order chi connectivity index (χ0) is 20.5. The fraction of sp³-hybridized carbons (Fsp3) is 0.444. The highest BCUT2D eigenvalue weighted by Gasteiger charge is 2.21. The number of benzene rings is 1. The largest absolute Gasteiger partial charge is 0.346 e. The Kier molecular flexibility index (Phi) is 6.04. The van der Waals surface area contributed by atoms with E-state index in [1.807, 2.05) is 11.7 Å². The minimum Gasteiger partial charge on any atom is -0.346 e. The number of rotatable bonds is 4. The van der Waals surface area contributed by atoms with Crippen LogP contribution in [-0.2, 0) is 23.6 Å². The molecular formula is C18H26N6O2S2. The van der Waals surface area contributed by atoms with Gasteiger partial charge in [0.1, 0.15) is 0 Å². The molecule has 0 amide bonds. The number of anilines is 1. The lowest BCUT2D eigenvalue weighted by Crippen LogP contribution is -2.49. The maximum absolute atomic E-state index is 11.3. The SMILES string of the molecule is Cc1nn(C)c(C)c1CN1CCN(C(=S)Nc2ccc(S(N)(=O)=O)cc2)CC1. The quantitative estimate of drug-likeness (QED) is 0.715. The van der Waals surface area contributed by atoms with Gasteiger partial charge >= 0.3 is 0 Å². The van der Waals surface area contributed by atoms with E-state index in [0.717, 1.165) is 44.1 Å². The third kappa shape index (κ3) is 4.69. The Bertz CT molecular complexity index is 961. The standard InChI is InChI=1S/C18H26N6O2S2/c1-13-17(14(2)22(3)21-13)12-23-8-10-24(11-9-23)18(27)20-15-4-6-16(7-5-15)28(19,25)26/h4-7H,8-12H2,1-3H3,(H,20,27)(H2,19,25,26). The topological polar surface area (TPSA) is 96.5 Å². The molecule has 0 radical (unpaired) electrons. The van der Waals surface area contributed by atoms with Crippen LogP contribution in [0.2, 0.25) is 0 Å². The van der Waals surface area contributed by atoms with Crippen molar-refractivity contribution in [3.8, 4) is 0 Å². The predicted octanol–water partition coefficient (Wildman–Crippen LogP) is 1.20. The Hall–Kier alpha value is -2.01. The smallest absolute Gasteiger partial charge is 0.238 e. The van der Waals surface area contributed by atoms with Gasteiger partial charge in [0.15, 0.2) is 5.11 Å². The number of aryl methyl sites for hydroxylation is 2. The molecule has 1 aliphatic rings. The van der Waals surface area contributed by atoms with Gasteiger partial charge in [0.25, 0.3) is 0 Å². The number of hydrogen-bond donors (Lipinski definition) is 2. The van der Waals surface area contributed by atoms with E-state index in [1.165, 1.54) is 23.4 Å². The van der Waals surface area contributed by atoms with Gasteiger partial charge in [0.05, 0.1) is 10.6 Å². The van der Waals surface area contributed by atoms with Gasteiger partial charge in [-0.25, -0.2) is 13.6 Å². The Labute approximate surface area is 171 Å². The van der Waals surface area contributed by atoms with Gasteiger partial charge in [-0.3, -0.25) is 9.58 Å². The van der Waals surface area contributed by atoms with Gasteiger partial charge in [-0.1, -0.05) is 0 Å². The molecule has 3 rings (SSSR count). The number of sulfonamides is 1. The Morgan fingerprint density at radius 2 is 1.79 bits per heavy atom. The number of hydrogen-bond acceptors (Lipinski definition) is 5. The van der Waals surface area contributed by atoms with Crippen LogP contribution in [0.5, 0.6) is 0 Å². The first-order chi connectivity index (χ1) is 13.1. The molecule has 1 fully saturated rings. The van der Waals surface area contributed by atoms with Crippen molar-refractivity contribution in [3.63, 3.8) is 0 Å². The highest BCUT2D eigenvalue weighted by molar-refractivity contribution is 7.89. The third-order valence-electron chi connectivity index (χ3n) is 5.13. The van der Waals surface area contributed by atoms with Gasteiger partial charge in [-0.2, -0.15) is 5.10 Å². The summed E-state index contributed by atoms with van der Waals surface area (Å²) in [6.07, 6.45) is 0. The van der Waals surface area contributed by atoms with E-state index in [1.54, 1.807) is 12.1 Å². The molecule has 0 atom stereocenters. The molecule has 1 aromatic heterocycles. The average molecular weight is 423 g/mol. The molecule has 0 unspecified atom stereocenters. The van der Waals surface area contributed by atoms with E-state index in [0.29, 0.717) is 5.11 Å². The summed E-state index contributed by atoms with van der Waals surface area (Å²) in [4.78, 5) is 4.62. The molecule has 28 heavy (non-hydrogen) atoms. The monoisotopic (exact) mass is 422 g/mol. The summed E-state index contributed by atoms with van der Waals surface area (Å²) in [6, 6.07) is 6.26. The maximum atomic E-state index is 11.3. The fourth-order valence-corrected chi connectivity index (χ4v) is 4.13. The molecule has 0 saturated carbocycles. The van der Waals surface area contributed by atoms with Crippen LogP contribution in [0.4, 0.5) is 5.69 Å². The van der Waals surface area contributed by atoms with Crippen molar-refractivity contribution >= 4 is 33.0 Å². The van der Waals surface area contributed by atoms with E-state index in [9.17, 15) is 8.42 Å². The number of thiocarbonyl (C=S) groups is 1. The highest BCUT2D eigenvalue weighted by Crippen LogP contribution is 2.17. The minimum atomic E-state index is -3.69. The van der Waals surface area contributed by atoms with Crippen LogP contribution < -0.4 is 10.5 Å². The van der Waals surface area contributed by atoms with Gasteiger partial charge < -0.3 is 10.2 Å². The molecular weight excluding hydrogens is 396 g/mol. The summed E-state index contributed by atoms with van der Waals surface area (Å²) in [5.41, 5.74) is 4.33. The summed E-state index contributed by atoms with van der Waals surface area (Å²) < 4.78 is 24.6. The molecule has 10 heteroatoms. The number of piperazine rings is 1. The second-order valence-electron chi connectivity index (χ2n) is 7.04. The van der Waals surface area contributed by atoms with E-state index >= 15 is 0 Å². The summed E-state index contributed by atoms with van der Waals surface area (Å²) in [7, 11) is -1.71. The summed E-state index contributed by atoms with van der Waals surface area (Å²) in [5.74, 6) is 0. The molecule has 152 valence electrons. The number of nitrogens with two attached hydrogens (primary N) is 1. The van der Waals surface area contributed by atoms with Gasteiger partial charge in [0, 0.05) is 56.7 Å². The molecule has 0 spiro atoms. The normalized spacial score (nSPS) is 15.6. The highest BCUT2D eigenvalue weighted by atomic mass is 32.2. The molecule has 1 aliphatic heterocycles. The first-order valence-electron chi connectivity index (χ1n) is 9.05. The fourth-order valence-electron chi connectivity index (χ4n) is 3.31. The second kappa shape index (κ2) is 8.16. The predicted molar refractivity (Wildman–Crippen MR) is 114 cm³/mol. The molecule has 1 saturated heterocycles. The van der Waals surface area contributed by atoms with Gasteiger partial charge in [-0.15, -0.1) is 0 Å². The van der Waals surface area contributed by atoms with Crippen LogP contribution in [0.15, 0.2) is 29.2 Å². The van der Waals surface area contributed by atoms with Crippen molar-refractivity contribution < 1.29 is 8.42 Å². The van der Waals surface area contributed by atoms with Crippen LogP contribution in [-0.4, -0.2) is 59.3 Å². The van der Waals surface area contributed by atoms with Crippen molar-refractivity contribution in [3.05, 3.63) is 41.2 Å². The van der Waals surface area contributed by atoms with Gasteiger partial charge in [-0.05, 0) is 50.3 Å². The van der Waals surface area contributed by atoms with Crippen molar-refractivity contribution in [2.45, 2.75) is 25.3 Å². The van der Waals surface area contributed by atoms with E-state index in [2.05, 4.69) is 34.1 Å². The van der Waals surface area contributed by atoms with Gasteiger partial charge in [0.2, 0.25) is 10.0 Å². The van der Waals surface area contributed by atoms with E-state index in [4.69, 9.17) is 17.4 Å². The lowest BCUT2D eigenvalue weighted by Gasteiger charge is -2.36. The molecule has 3 N–H and O–H groups in total. The lowest BCUT2D eigenvalue weighted by molar-refractivity contribution is 0.176. The molecule has 0 bridgehead atoms. The van der Waals surface area contributed by atoms with Crippen molar-refractivity contribution in [1.29, 1.82) is 0 Å². The number of aromatic nitrogens is 2. The molecule has 2 heterocycles. The van der Waals surface area contributed by atoms with Crippen LogP contribution in [0, 0.1) is 13.8 Å². The molecule has 2 aromatic rings. The Morgan fingerprint density at radius 1 is 1.18 bits per heavy atom.